The van der Waals surface area contributed by atoms with Crippen molar-refractivity contribution >= 4 is 100 Å². The smallest absolute Gasteiger partial charge is 0.246 e. The van der Waals surface area contributed by atoms with Crippen LogP contribution in [0.25, 0.3) is 0 Å². The maximum Gasteiger partial charge on any atom is 0.246 e. The van der Waals surface area contributed by atoms with E-state index < -0.39 is 145 Å². The molecule has 1 aromatic rings. The van der Waals surface area contributed by atoms with Gasteiger partial charge in [-0.2, -0.15) is 11.8 Å². The van der Waals surface area contributed by atoms with Gasteiger partial charge in [-0.15, -0.1) is 11.8 Å². The number of phenolic OH excluding ortho intramolecular Hbond substituents is 1. The number of unbranched alkanes of at least 4 members (excludes halogenated alkanes) is 10. The Balaban J connectivity index is 1.67. The van der Waals surface area contributed by atoms with Gasteiger partial charge in [0.25, 0.3) is 0 Å². The number of phenols is 1. The van der Waals surface area contributed by atoms with Gasteiger partial charge in [0.1, 0.15) is 48.0 Å². The van der Waals surface area contributed by atoms with Crippen molar-refractivity contribution in [2.75, 3.05) is 75.6 Å². The summed E-state index contributed by atoms with van der Waals surface area (Å²) in [4.78, 5) is 175. The van der Waals surface area contributed by atoms with Crippen LogP contribution < -0.4 is 65.1 Å². The first-order valence-corrected chi connectivity index (χ1v) is 35.2. The standard InChI is InChI=1S/C63H103N13O16S2/c1-4-6-7-8-9-10-11-12-13-14-15-19-53(81)67-27-30-91-32-33-92-31-28-68-55(83)40-94-38-47(57(84)69-37-52(66)80)73-61(88)49-18-16-29-76(49)63(90)48-39-93-34-17-20-54(82)70-45(35-42-21-23-43(77)24-22-42)60(87)75-56(41(3)5-2)62(89)71-44(25-26-50(64)78)58(85)72-46(36-51(65)79)59(86)74-48/h21-24,41,44-49,56,77H,4-20,25-40H2,1-3H3,(H2,64,78)(H2,65,79)(H2,66,80)(H,67,81)(H,68,83)(H,69,84)(H,70,82)(H,71,89)(H,72,85)(H,73,88)(H,74,86)(H,75,87)/t41-,44-,45-,46-,47-,48-,49-,56-/m0/s1. The number of nitrogens with one attached hydrogen (secondary N) is 9. The number of carbonyl (C=O) groups is 13. The van der Waals surface area contributed by atoms with Crippen LogP contribution in [0.3, 0.4) is 0 Å². The molecule has 8 atom stereocenters. The number of nitrogens with two attached hydrogens (primary N) is 3. The fourth-order valence-corrected chi connectivity index (χ4v) is 12.1. The summed E-state index contributed by atoms with van der Waals surface area (Å²) in [6, 6.07) is -4.06. The van der Waals surface area contributed by atoms with Gasteiger partial charge in [-0.05, 0) is 61.5 Å². The summed E-state index contributed by atoms with van der Waals surface area (Å²) >= 11 is 2.13. The molecule has 13 amide bonds. The first-order chi connectivity index (χ1) is 45.0. The van der Waals surface area contributed by atoms with Crippen LogP contribution in [0.5, 0.6) is 5.75 Å². The third-order valence-electron chi connectivity index (χ3n) is 15.7. The summed E-state index contributed by atoms with van der Waals surface area (Å²) < 4.78 is 11.1. The number of amides is 13. The molecule has 2 aliphatic heterocycles. The Labute approximate surface area is 559 Å². The monoisotopic (exact) mass is 1360 g/mol. The van der Waals surface area contributed by atoms with Crippen molar-refractivity contribution in [1.29, 1.82) is 0 Å². The average Bonchev–Trinajstić information content (AvgIpc) is 1.56. The first kappa shape index (κ1) is 81.0. The Hall–Kier alpha value is -7.25. The van der Waals surface area contributed by atoms with Gasteiger partial charge in [-0.3, -0.25) is 62.3 Å². The second kappa shape index (κ2) is 46.8. The molecule has 1 aromatic carbocycles. The lowest BCUT2D eigenvalue weighted by Gasteiger charge is -2.31. The van der Waals surface area contributed by atoms with Crippen molar-refractivity contribution in [3.8, 4) is 5.75 Å². The minimum atomic E-state index is -1.78. The zero-order chi connectivity index (χ0) is 69.2. The van der Waals surface area contributed by atoms with Crippen LogP contribution in [0.1, 0.15) is 155 Å². The number of carbonyl (C=O) groups excluding carboxylic acids is 13. The summed E-state index contributed by atoms with van der Waals surface area (Å²) in [6.45, 7) is 6.60. The molecule has 0 spiro atoms. The molecule has 16 N–H and O–H groups in total. The Morgan fingerprint density at radius 2 is 1.29 bits per heavy atom. The molecule has 0 aromatic heterocycles. The molecular weight excluding hydrogens is 1260 g/mol. The number of hydrogen-bond donors (Lipinski definition) is 13. The fraction of sp³-hybridized carbons (Fsp3) is 0.698. The maximum atomic E-state index is 14.8. The summed E-state index contributed by atoms with van der Waals surface area (Å²) in [5, 5.41) is 33.5. The molecule has 0 radical (unpaired) electrons. The summed E-state index contributed by atoms with van der Waals surface area (Å²) in [5.41, 5.74) is 16.9. The van der Waals surface area contributed by atoms with E-state index in [2.05, 4.69) is 54.8 Å². The second-order valence-corrected chi connectivity index (χ2v) is 25.7. The lowest BCUT2D eigenvalue weighted by Crippen LogP contribution is -2.61. The van der Waals surface area contributed by atoms with Crippen molar-refractivity contribution in [3.63, 3.8) is 0 Å². The molecule has 528 valence electrons. The van der Waals surface area contributed by atoms with Crippen molar-refractivity contribution in [2.24, 2.45) is 23.1 Å². The van der Waals surface area contributed by atoms with Crippen LogP contribution in [-0.2, 0) is 78.2 Å². The highest BCUT2D eigenvalue weighted by Gasteiger charge is 2.41. The van der Waals surface area contributed by atoms with Crippen molar-refractivity contribution in [3.05, 3.63) is 29.8 Å². The van der Waals surface area contributed by atoms with Crippen LogP contribution in [0.15, 0.2) is 24.3 Å². The molecule has 0 bridgehead atoms. The van der Waals surface area contributed by atoms with E-state index in [1.165, 1.54) is 68.4 Å². The van der Waals surface area contributed by atoms with Gasteiger partial charge in [0.15, 0.2) is 0 Å². The zero-order valence-electron chi connectivity index (χ0n) is 54.8. The number of rotatable bonds is 40. The summed E-state index contributed by atoms with van der Waals surface area (Å²) in [5.74, 6) is -10.8. The average molecular weight is 1360 g/mol. The number of thioether (sulfide) groups is 2. The van der Waals surface area contributed by atoms with E-state index in [1.807, 2.05) is 0 Å². The molecule has 94 heavy (non-hydrogen) atoms. The Bertz CT molecular complexity index is 2610. The van der Waals surface area contributed by atoms with E-state index in [-0.39, 0.29) is 93.3 Å². The van der Waals surface area contributed by atoms with Gasteiger partial charge < -0.3 is 84.5 Å². The highest BCUT2D eigenvalue weighted by molar-refractivity contribution is 8.00. The van der Waals surface area contributed by atoms with Gasteiger partial charge in [0.2, 0.25) is 76.8 Å². The van der Waals surface area contributed by atoms with Crippen LogP contribution in [0, 0.1) is 5.92 Å². The predicted octanol–water partition coefficient (Wildman–Crippen LogP) is -0.150. The number of benzene rings is 1. The molecular formula is C63H103N13O16S2. The number of likely N-dealkylation sites (tertiary alicyclic amines) is 1. The van der Waals surface area contributed by atoms with Crippen LogP contribution in [0.2, 0.25) is 0 Å². The molecule has 2 aliphatic rings. The molecule has 0 saturated carbocycles. The fourth-order valence-electron chi connectivity index (χ4n) is 10.2. The van der Waals surface area contributed by atoms with Crippen molar-refractivity contribution in [2.45, 2.75) is 198 Å². The van der Waals surface area contributed by atoms with Gasteiger partial charge in [-0.25, -0.2) is 0 Å². The molecule has 2 fully saturated rings. The SMILES string of the molecule is CCCCCCCCCCCCCC(=O)NCCOCCOCCNC(=O)CSC[C@H](NC(=O)[C@@H]1CCCN1C(=O)[C@@H]1CSCCCC(=O)N[C@@H](Cc2ccc(O)cc2)C(=O)N[C@@H]([C@@H](C)CC)C(=O)N[C@@H](CCC(N)=O)C(=O)N[C@@H](CC(N)=O)C(=O)N1)C(=O)NCC(N)=O. The second-order valence-electron chi connectivity index (χ2n) is 23.6. The highest BCUT2D eigenvalue weighted by Crippen LogP contribution is 2.22. The van der Waals surface area contributed by atoms with E-state index in [1.54, 1.807) is 26.0 Å². The Morgan fingerprint density at radius 1 is 0.681 bits per heavy atom. The van der Waals surface area contributed by atoms with E-state index >= 15 is 0 Å². The molecule has 29 nitrogen and oxygen atoms in total. The molecule has 0 aliphatic carbocycles. The number of hydrogen-bond acceptors (Lipinski definition) is 18. The van der Waals surface area contributed by atoms with E-state index in [0.29, 0.717) is 38.0 Å². The molecule has 2 saturated heterocycles. The van der Waals surface area contributed by atoms with Gasteiger partial charge >= 0.3 is 0 Å². The van der Waals surface area contributed by atoms with Crippen molar-refractivity contribution < 1.29 is 76.9 Å². The van der Waals surface area contributed by atoms with E-state index in [4.69, 9.17) is 26.7 Å². The van der Waals surface area contributed by atoms with E-state index in [0.717, 1.165) is 42.8 Å². The normalized spacial score (nSPS) is 20.0. The van der Waals surface area contributed by atoms with Crippen LogP contribution >= 0.6 is 23.5 Å². The third-order valence-corrected chi connectivity index (χ3v) is 17.9. The lowest BCUT2D eigenvalue weighted by atomic mass is 9.96. The Kier molecular flexibility index (Phi) is 40.3. The minimum absolute atomic E-state index is 0.00150. The molecule has 2 heterocycles. The maximum absolute atomic E-state index is 14.8. The lowest BCUT2D eigenvalue weighted by molar-refractivity contribution is -0.142. The third kappa shape index (κ3) is 33.7. The number of aromatic hydroxyl groups is 1. The molecule has 3 rings (SSSR count). The van der Waals surface area contributed by atoms with Gasteiger partial charge in [0.05, 0.1) is 45.1 Å². The van der Waals surface area contributed by atoms with Crippen LogP contribution in [-0.4, -0.2) is 205 Å². The van der Waals surface area contributed by atoms with Crippen molar-refractivity contribution in [1.82, 2.24) is 52.8 Å². The molecule has 0 unspecified atom stereocenters. The number of nitrogens with zero attached hydrogens (tertiary/aromatic N) is 1. The number of ether oxygens (including phenoxy) is 2. The van der Waals surface area contributed by atoms with Crippen LogP contribution in [0.4, 0.5) is 0 Å². The topological polar surface area (TPSA) is 450 Å². The zero-order valence-corrected chi connectivity index (χ0v) is 56.5. The van der Waals surface area contributed by atoms with Gasteiger partial charge in [-0.1, -0.05) is 104 Å². The Morgan fingerprint density at radius 3 is 1.90 bits per heavy atom. The summed E-state index contributed by atoms with van der Waals surface area (Å²) in [6.07, 6.45) is 12.9. The predicted molar refractivity (Wildman–Crippen MR) is 355 cm³/mol. The quantitative estimate of drug-likeness (QED) is 0.0380. The van der Waals surface area contributed by atoms with Gasteiger partial charge in [0, 0.05) is 56.8 Å². The minimum Gasteiger partial charge on any atom is -0.508 e. The highest BCUT2D eigenvalue weighted by atomic mass is 32.2. The largest absolute Gasteiger partial charge is 0.508 e. The first-order valence-electron chi connectivity index (χ1n) is 32.9. The summed E-state index contributed by atoms with van der Waals surface area (Å²) in [7, 11) is 0. The molecule has 31 heteroatoms. The number of primary amides is 3. The van der Waals surface area contributed by atoms with E-state index in [9.17, 15) is 67.4 Å².